The largest absolute Gasteiger partial charge is 0.488 e. The highest BCUT2D eigenvalue weighted by atomic mass is 16.5. The lowest BCUT2D eigenvalue weighted by molar-refractivity contribution is 0.242. The Kier molecular flexibility index (Phi) is 2.57. The maximum absolute atomic E-state index is 5.92. The lowest BCUT2D eigenvalue weighted by Gasteiger charge is -2.10. The van der Waals surface area contributed by atoms with E-state index in [2.05, 4.69) is 30.3 Å². The van der Waals surface area contributed by atoms with Crippen LogP contribution in [0.25, 0.3) is 11.1 Å². The number of hydrogen-bond donors (Lipinski definition) is 1. The molecule has 1 heterocycles. The normalized spacial score (nSPS) is 17.6. The van der Waals surface area contributed by atoms with E-state index in [1.165, 1.54) is 16.7 Å². The van der Waals surface area contributed by atoms with Crippen LogP contribution in [-0.4, -0.2) is 12.6 Å². The molecule has 17 heavy (non-hydrogen) atoms. The second-order valence-corrected chi connectivity index (χ2v) is 4.34. The van der Waals surface area contributed by atoms with Crippen LogP contribution in [0.5, 0.6) is 5.75 Å². The highest BCUT2D eigenvalue weighted by Gasteiger charge is 2.24. The zero-order valence-corrected chi connectivity index (χ0v) is 9.60. The van der Waals surface area contributed by atoms with Crippen LogP contribution in [0.3, 0.4) is 0 Å². The van der Waals surface area contributed by atoms with Gasteiger partial charge in [0.05, 0.1) is 0 Å². The fraction of sp³-hybridized carbons (Fsp3) is 0.200. The predicted molar refractivity (Wildman–Crippen MR) is 69.1 cm³/mol. The van der Waals surface area contributed by atoms with Crippen LogP contribution >= 0.6 is 0 Å². The zero-order chi connectivity index (χ0) is 11.7. The molecule has 0 saturated carbocycles. The van der Waals surface area contributed by atoms with Crippen molar-refractivity contribution in [3.05, 3.63) is 54.1 Å². The zero-order valence-electron chi connectivity index (χ0n) is 9.60. The molecule has 2 heteroatoms. The molecule has 0 bridgehead atoms. The molecule has 2 nitrogen and oxygen atoms in total. The van der Waals surface area contributed by atoms with Gasteiger partial charge in [0.15, 0.2) is 0 Å². The van der Waals surface area contributed by atoms with Crippen LogP contribution in [0.4, 0.5) is 0 Å². The number of para-hydroxylation sites is 1. The van der Waals surface area contributed by atoms with Crippen LogP contribution in [0.2, 0.25) is 0 Å². The van der Waals surface area contributed by atoms with E-state index in [1.54, 1.807) is 0 Å². The highest BCUT2D eigenvalue weighted by molar-refractivity contribution is 5.72. The van der Waals surface area contributed by atoms with Crippen molar-refractivity contribution in [2.24, 2.45) is 5.73 Å². The van der Waals surface area contributed by atoms with E-state index in [0.29, 0.717) is 6.54 Å². The van der Waals surface area contributed by atoms with Crippen LogP contribution in [0, 0.1) is 0 Å². The molecule has 1 aliphatic rings. The molecule has 0 saturated heterocycles. The molecule has 0 fully saturated rings. The standard InChI is InChI=1S/C15H15NO/c16-10-13-9-12-7-4-8-14(15(12)17-13)11-5-2-1-3-6-11/h1-8,13H,9-10,16H2/t13-/m0/s1. The Labute approximate surface area is 101 Å². The van der Waals surface area contributed by atoms with Gasteiger partial charge in [-0.1, -0.05) is 48.5 Å². The van der Waals surface area contributed by atoms with Crippen molar-refractivity contribution in [1.82, 2.24) is 0 Å². The van der Waals surface area contributed by atoms with Crippen molar-refractivity contribution in [2.75, 3.05) is 6.54 Å². The number of nitrogens with two attached hydrogens (primary N) is 1. The SMILES string of the molecule is NC[C@@H]1Cc2cccc(-c3ccccc3)c2O1. The summed E-state index contributed by atoms with van der Waals surface area (Å²) in [7, 11) is 0. The molecule has 2 aromatic rings. The first-order chi connectivity index (χ1) is 8.38. The molecule has 0 aromatic heterocycles. The molecule has 0 aliphatic carbocycles. The summed E-state index contributed by atoms with van der Waals surface area (Å²) >= 11 is 0. The van der Waals surface area contributed by atoms with Crippen LogP contribution in [-0.2, 0) is 6.42 Å². The highest BCUT2D eigenvalue weighted by Crippen LogP contribution is 2.38. The molecule has 0 amide bonds. The molecule has 1 aliphatic heterocycles. The smallest absolute Gasteiger partial charge is 0.130 e. The van der Waals surface area contributed by atoms with Gasteiger partial charge in [0, 0.05) is 18.5 Å². The Hall–Kier alpha value is -1.80. The van der Waals surface area contributed by atoms with E-state index in [1.807, 2.05) is 18.2 Å². The predicted octanol–water partition coefficient (Wildman–Crippen LogP) is 2.62. The first kappa shape index (κ1) is 10.4. The van der Waals surface area contributed by atoms with Crippen LogP contribution in [0.1, 0.15) is 5.56 Å². The molecule has 2 aromatic carbocycles. The van der Waals surface area contributed by atoms with E-state index >= 15 is 0 Å². The summed E-state index contributed by atoms with van der Waals surface area (Å²) in [5.74, 6) is 1.01. The van der Waals surface area contributed by atoms with Crippen molar-refractivity contribution in [3.63, 3.8) is 0 Å². The van der Waals surface area contributed by atoms with Gasteiger partial charge in [-0.25, -0.2) is 0 Å². The third-order valence-corrected chi connectivity index (χ3v) is 3.18. The summed E-state index contributed by atoms with van der Waals surface area (Å²) < 4.78 is 5.92. The summed E-state index contributed by atoms with van der Waals surface area (Å²) in [4.78, 5) is 0. The fourth-order valence-electron chi connectivity index (χ4n) is 2.31. The number of rotatable bonds is 2. The molecule has 86 valence electrons. The quantitative estimate of drug-likeness (QED) is 0.852. The number of ether oxygens (including phenoxy) is 1. The summed E-state index contributed by atoms with van der Waals surface area (Å²) in [6, 6.07) is 16.6. The second-order valence-electron chi connectivity index (χ2n) is 4.34. The lowest BCUT2D eigenvalue weighted by Crippen LogP contribution is -2.24. The van der Waals surface area contributed by atoms with Crippen LogP contribution in [0.15, 0.2) is 48.5 Å². The average Bonchev–Trinajstić information content (AvgIpc) is 2.82. The van der Waals surface area contributed by atoms with Crippen molar-refractivity contribution in [2.45, 2.75) is 12.5 Å². The van der Waals surface area contributed by atoms with Gasteiger partial charge in [-0.15, -0.1) is 0 Å². The van der Waals surface area contributed by atoms with E-state index in [-0.39, 0.29) is 6.10 Å². The topological polar surface area (TPSA) is 35.2 Å². The Bertz CT molecular complexity index is 522. The molecule has 2 N–H and O–H groups in total. The second kappa shape index (κ2) is 4.22. The Morgan fingerprint density at radius 2 is 1.88 bits per heavy atom. The fourth-order valence-corrected chi connectivity index (χ4v) is 2.31. The average molecular weight is 225 g/mol. The summed E-state index contributed by atoms with van der Waals surface area (Å²) in [6.45, 7) is 0.572. The maximum atomic E-state index is 5.92. The summed E-state index contributed by atoms with van der Waals surface area (Å²) in [5.41, 5.74) is 9.30. The molecular weight excluding hydrogens is 210 g/mol. The van der Waals surface area contributed by atoms with Gasteiger partial charge in [0.2, 0.25) is 0 Å². The van der Waals surface area contributed by atoms with Crippen molar-refractivity contribution in [3.8, 4) is 16.9 Å². The molecule has 0 unspecified atom stereocenters. The maximum Gasteiger partial charge on any atom is 0.130 e. The molecular formula is C15H15NO. The minimum Gasteiger partial charge on any atom is -0.488 e. The Balaban J connectivity index is 2.07. The third kappa shape index (κ3) is 1.81. The third-order valence-electron chi connectivity index (χ3n) is 3.18. The van der Waals surface area contributed by atoms with E-state index in [9.17, 15) is 0 Å². The first-order valence-electron chi connectivity index (χ1n) is 5.92. The van der Waals surface area contributed by atoms with Gasteiger partial charge in [-0.3, -0.25) is 0 Å². The monoisotopic (exact) mass is 225 g/mol. The van der Waals surface area contributed by atoms with Gasteiger partial charge in [0.1, 0.15) is 11.9 Å². The van der Waals surface area contributed by atoms with Gasteiger partial charge < -0.3 is 10.5 Å². The molecule has 0 spiro atoms. The minimum atomic E-state index is 0.134. The molecule has 0 radical (unpaired) electrons. The van der Waals surface area contributed by atoms with Gasteiger partial charge in [-0.2, -0.15) is 0 Å². The van der Waals surface area contributed by atoms with Crippen molar-refractivity contribution < 1.29 is 4.74 Å². The van der Waals surface area contributed by atoms with E-state index in [0.717, 1.165) is 12.2 Å². The van der Waals surface area contributed by atoms with Gasteiger partial charge in [-0.05, 0) is 11.1 Å². The number of hydrogen-bond acceptors (Lipinski definition) is 2. The van der Waals surface area contributed by atoms with Crippen molar-refractivity contribution >= 4 is 0 Å². The summed E-state index contributed by atoms with van der Waals surface area (Å²) in [5, 5.41) is 0. The van der Waals surface area contributed by atoms with Gasteiger partial charge in [0.25, 0.3) is 0 Å². The molecule has 1 atom stereocenters. The number of benzene rings is 2. The van der Waals surface area contributed by atoms with E-state index < -0.39 is 0 Å². The number of fused-ring (bicyclic) bond motifs is 1. The lowest BCUT2D eigenvalue weighted by atomic mass is 10.0. The first-order valence-corrected chi connectivity index (χ1v) is 5.92. The minimum absolute atomic E-state index is 0.134. The van der Waals surface area contributed by atoms with Gasteiger partial charge >= 0.3 is 0 Å². The van der Waals surface area contributed by atoms with Crippen molar-refractivity contribution in [1.29, 1.82) is 0 Å². The summed E-state index contributed by atoms with van der Waals surface area (Å²) in [6.07, 6.45) is 1.06. The molecule has 3 rings (SSSR count). The van der Waals surface area contributed by atoms with Crippen LogP contribution < -0.4 is 10.5 Å². The Morgan fingerprint density at radius 3 is 2.65 bits per heavy atom. The van der Waals surface area contributed by atoms with E-state index in [4.69, 9.17) is 10.5 Å². The Morgan fingerprint density at radius 1 is 1.06 bits per heavy atom.